The van der Waals surface area contributed by atoms with E-state index in [9.17, 15) is 4.79 Å². The number of carbonyl (C=O) groups excluding carboxylic acids is 1. The van der Waals surface area contributed by atoms with E-state index in [0.717, 1.165) is 5.56 Å². The van der Waals surface area contributed by atoms with Gasteiger partial charge in [-0.15, -0.1) is 0 Å². The van der Waals surface area contributed by atoms with E-state index in [-0.39, 0.29) is 11.2 Å². The molecule has 1 aromatic rings. The maximum absolute atomic E-state index is 12.6. The monoisotopic (exact) mass is 282 g/mol. The van der Waals surface area contributed by atoms with E-state index in [0.29, 0.717) is 12.3 Å². The van der Waals surface area contributed by atoms with Crippen molar-refractivity contribution >= 4 is 5.78 Å². The molecule has 0 heterocycles. The highest BCUT2D eigenvalue weighted by atomic mass is 16.1. The molecule has 0 saturated heterocycles. The summed E-state index contributed by atoms with van der Waals surface area (Å²) in [6.45, 7) is 13.4. The lowest BCUT2D eigenvalue weighted by Gasteiger charge is -2.31. The standard InChI is InChI=1S/C20H26O/c1-13-14(2)17(19(15(13)3)20(4,5)6)12-18(21)16-10-8-7-9-11-16/h7-11,19H,12H2,1-6H3. The number of Topliss-reactive ketones (excluding diaryl/α,β-unsaturated/α-hetero) is 1. The summed E-state index contributed by atoms with van der Waals surface area (Å²) >= 11 is 0. The fourth-order valence-corrected chi connectivity index (χ4v) is 3.54. The van der Waals surface area contributed by atoms with Gasteiger partial charge in [0.05, 0.1) is 0 Å². The first kappa shape index (κ1) is 15.8. The van der Waals surface area contributed by atoms with Gasteiger partial charge in [0.1, 0.15) is 0 Å². The van der Waals surface area contributed by atoms with Gasteiger partial charge >= 0.3 is 0 Å². The number of carbonyl (C=O) groups is 1. The predicted molar refractivity (Wildman–Crippen MR) is 89.4 cm³/mol. The highest BCUT2D eigenvalue weighted by molar-refractivity contribution is 5.98. The largest absolute Gasteiger partial charge is 0.294 e. The van der Waals surface area contributed by atoms with E-state index < -0.39 is 0 Å². The fourth-order valence-electron chi connectivity index (χ4n) is 3.54. The third-order valence-corrected chi connectivity index (χ3v) is 4.73. The lowest BCUT2D eigenvalue weighted by Crippen LogP contribution is -2.23. The molecule has 1 heteroatoms. The Balaban J connectivity index is 2.33. The lowest BCUT2D eigenvalue weighted by atomic mass is 9.73. The number of ketones is 1. The Bertz CT molecular complexity index is 609. The van der Waals surface area contributed by atoms with Crippen LogP contribution < -0.4 is 0 Å². The van der Waals surface area contributed by atoms with Crippen molar-refractivity contribution in [1.29, 1.82) is 0 Å². The van der Waals surface area contributed by atoms with Crippen molar-refractivity contribution < 1.29 is 4.79 Å². The fraction of sp³-hybridized carbons (Fsp3) is 0.450. The van der Waals surface area contributed by atoms with Gasteiger partial charge in [-0.05, 0) is 37.3 Å². The maximum atomic E-state index is 12.6. The Labute approximate surface area is 128 Å². The molecule has 0 amide bonds. The van der Waals surface area contributed by atoms with Gasteiger partial charge in [0.2, 0.25) is 0 Å². The van der Waals surface area contributed by atoms with Gasteiger partial charge in [0, 0.05) is 17.9 Å². The summed E-state index contributed by atoms with van der Waals surface area (Å²) < 4.78 is 0. The topological polar surface area (TPSA) is 17.1 Å². The smallest absolute Gasteiger partial charge is 0.166 e. The number of hydrogen-bond acceptors (Lipinski definition) is 1. The molecule has 0 spiro atoms. The van der Waals surface area contributed by atoms with E-state index in [1.54, 1.807) is 0 Å². The summed E-state index contributed by atoms with van der Waals surface area (Å²) in [7, 11) is 0. The Kier molecular flexibility index (Phi) is 4.22. The van der Waals surface area contributed by atoms with Crippen LogP contribution in [0.3, 0.4) is 0 Å². The summed E-state index contributed by atoms with van der Waals surface area (Å²) in [5.41, 5.74) is 6.38. The molecule has 0 N–H and O–H groups in total. The lowest BCUT2D eigenvalue weighted by molar-refractivity contribution is 0.0988. The third-order valence-electron chi connectivity index (χ3n) is 4.73. The molecule has 1 atom stereocenters. The first-order valence-electron chi connectivity index (χ1n) is 7.69. The Hall–Kier alpha value is -1.63. The maximum Gasteiger partial charge on any atom is 0.166 e. The van der Waals surface area contributed by atoms with E-state index in [4.69, 9.17) is 0 Å². The van der Waals surface area contributed by atoms with Gasteiger partial charge in [-0.25, -0.2) is 0 Å². The summed E-state index contributed by atoms with van der Waals surface area (Å²) in [4.78, 5) is 12.6. The second-order valence-corrected chi connectivity index (χ2v) is 7.22. The Morgan fingerprint density at radius 3 is 2.10 bits per heavy atom. The molecule has 21 heavy (non-hydrogen) atoms. The molecule has 1 aromatic carbocycles. The number of rotatable bonds is 3. The molecule has 0 saturated carbocycles. The molecule has 112 valence electrons. The van der Waals surface area contributed by atoms with E-state index in [2.05, 4.69) is 41.5 Å². The first-order valence-corrected chi connectivity index (χ1v) is 7.69. The molecule has 1 aliphatic carbocycles. The van der Waals surface area contributed by atoms with Crippen molar-refractivity contribution in [2.24, 2.45) is 11.3 Å². The normalized spacial score (nSPS) is 19.4. The minimum atomic E-state index is 0.148. The minimum absolute atomic E-state index is 0.148. The third kappa shape index (κ3) is 3.02. The summed E-state index contributed by atoms with van der Waals surface area (Å²) in [6.07, 6.45) is 0.534. The van der Waals surface area contributed by atoms with Gasteiger partial charge < -0.3 is 0 Å². The second-order valence-electron chi connectivity index (χ2n) is 7.22. The first-order chi connectivity index (χ1) is 9.73. The molecular weight excluding hydrogens is 256 g/mol. The van der Waals surface area contributed by atoms with Crippen LogP contribution >= 0.6 is 0 Å². The van der Waals surface area contributed by atoms with Gasteiger partial charge in [-0.1, -0.05) is 62.2 Å². The molecule has 1 unspecified atom stereocenters. The quantitative estimate of drug-likeness (QED) is 0.661. The number of benzene rings is 1. The summed E-state index contributed by atoms with van der Waals surface area (Å²) in [6, 6.07) is 9.63. The van der Waals surface area contributed by atoms with Crippen LogP contribution in [0.15, 0.2) is 52.6 Å². The molecule has 1 nitrogen and oxygen atoms in total. The van der Waals surface area contributed by atoms with Crippen LogP contribution in [-0.2, 0) is 0 Å². The molecule has 2 rings (SSSR count). The highest BCUT2D eigenvalue weighted by Gasteiger charge is 2.36. The van der Waals surface area contributed by atoms with Crippen LogP contribution in [0.2, 0.25) is 0 Å². The summed E-state index contributed by atoms with van der Waals surface area (Å²) in [5, 5.41) is 0. The Morgan fingerprint density at radius 1 is 1.00 bits per heavy atom. The minimum Gasteiger partial charge on any atom is -0.294 e. The van der Waals surface area contributed by atoms with E-state index in [1.165, 1.54) is 22.3 Å². The average Bonchev–Trinajstić information content (AvgIpc) is 2.64. The molecule has 1 aliphatic rings. The zero-order valence-corrected chi connectivity index (χ0v) is 14.1. The zero-order chi connectivity index (χ0) is 15.8. The number of hydrogen-bond donors (Lipinski definition) is 0. The van der Waals surface area contributed by atoms with Gasteiger partial charge in [0.25, 0.3) is 0 Å². The molecule has 0 aromatic heterocycles. The van der Waals surface area contributed by atoms with E-state index >= 15 is 0 Å². The van der Waals surface area contributed by atoms with Crippen LogP contribution in [-0.4, -0.2) is 5.78 Å². The molecule has 0 radical (unpaired) electrons. The van der Waals surface area contributed by atoms with Crippen LogP contribution in [0.1, 0.15) is 58.3 Å². The SMILES string of the molecule is CC1=C(C)C(C(C)(C)C)C(CC(=O)c2ccccc2)=C1C. The molecular formula is C20H26O. The van der Waals surface area contributed by atoms with Crippen molar-refractivity contribution in [1.82, 2.24) is 0 Å². The second kappa shape index (κ2) is 5.63. The van der Waals surface area contributed by atoms with Crippen LogP contribution in [0.25, 0.3) is 0 Å². The van der Waals surface area contributed by atoms with Gasteiger partial charge in [0.15, 0.2) is 5.78 Å². The van der Waals surface area contributed by atoms with Crippen LogP contribution in [0.5, 0.6) is 0 Å². The summed E-state index contributed by atoms with van der Waals surface area (Å²) in [5.74, 6) is 0.604. The molecule has 0 aliphatic heterocycles. The number of allylic oxidation sites excluding steroid dienone is 4. The van der Waals surface area contributed by atoms with Crippen molar-refractivity contribution in [3.05, 3.63) is 58.2 Å². The van der Waals surface area contributed by atoms with Crippen LogP contribution in [0, 0.1) is 11.3 Å². The van der Waals surface area contributed by atoms with Crippen molar-refractivity contribution in [2.75, 3.05) is 0 Å². The highest BCUT2D eigenvalue weighted by Crippen LogP contribution is 2.47. The zero-order valence-electron chi connectivity index (χ0n) is 14.1. The Morgan fingerprint density at radius 2 is 1.57 bits per heavy atom. The van der Waals surface area contributed by atoms with Crippen LogP contribution in [0.4, 0.5) is 0 Å². The molecule has 0 fully saturated rings. The average molecular weight is 282 g/mol. The van der Waals surface area contributed by atoms with E-state index in [1.807, 2.05) is 30.3 Å². The van der Waals surface area contributed by atoms with Crippen molar-refractivity contribution in [3.8, 4) is 0 Å². The van der Waals surface area contributed by atoms with Gasteiger partial charge in [-0.3, -0.25) is 4.79 Å². The van der Waals surface area contributed by atoms with Gasteiger partial charge in [-0.2, -0.15) is 0 Å². The predicted octanol–water partition coefficient (Wildman–Crippen LogP) is 5.59. The van der Waals surface area contributed by atoms with Crippen molar-refractivity contribution in [2.45, 2.75) is 48.0 Å². The van der Waals surface area contributed by atoms with Crippen molar-refractivity contribution in [3.63, 3.8) is 0 Å². The molecule has 0 bridgehead atoms.